The van der Waals surface area contributed by atoms with Crippen LogP contribution in [0.5, 0.6) is 0 Å². The lowest BCUT2D eigenvalue weighted by Gasteiger charge is -2.32. The average molecular weight is 434 g/mol. The highest BCUT2D eigenvalue weighted by Gasteiger charge is 2.32. The van der Waals surface area contributed by atoms with Crippen LogP contribution < -0.4 is 16.4 Å². The number of rotatable bonds is 4. The molecule has 32 heavy (non-hydrogen) atoms. The Labute approximate surface area is 184 Å². The van der Waals surface area contributed by atoms with Crippen molar-refractivity contribution in [2.24, 2.45) is 0 Å². The third-order valence-electron chi connectivity index (χ3n) is 5.57. The number of pyridine rings is 1. The van der Waals surface area contributed by atoms with Crippen molar-refractivity contribution < 1.29 is 14.0 Å². The standard InChI is InChI=1S/C23H23FN6O2/c1-5-20(31)28-17-8-19(16(24)6-12(17)2)30-10-14(21(25)29-30)18-7-15-13(9-26-18)22(32)27-11-23(15,3)4/h5-10H,1,11H2,2-4H3,(H2,25,29)(H,27,32)(H,28,31). The minimum Gasteiger partial charge on any atom is -0.382 e. The number of hydrogen-bond acceptors (Lipinski definition) is 5. The maximum atomic E-state index is 14.8. The molecular weight excluding hydrogens is 411 g/mol. The number of fused-ring (bicyclic) bond motifs is 1. The van der Waals surface area contributed by atoms with Crippen molar-refractivity contribution in [3.05, 3.63) is 65.8 Å². The fourth-order valence-electron chi connectivity index (χ4n) is 3.70. The number of carbonyl (C=O) groups excluding carboxylic acids is 2. The van der Waals surface area contributed by atoms with Gasteiger partial charge in [0.15, 0.2) is 5.82 Å². The Morgan fingerprint density at radius 2 is 2.09 bits per heavy atom. The topological polar surface area (TPSA) is 115 Å². The summed E-state index contributed by atoms with van der Waals surface area (Å²) in [4.78, 5) is 28.3. The first-order chi connectivity index (χ1) is 15.1. The van der Waals surface area contributed by atoms with E-state index in [9.17, 15) is 14.0 Å². The van der Waals surface area contributed by atoms with Crippen molar-refractivity contribution in [3.63, 3.8) is 0 Å². The van der Waals surface area contributed by atoms with Gasteiger partial charge in [-0.2, -0.15) is 0 Å². The lowest BCUT2D eigenvalue weighted by molar-refractivity contribution is -0.111. The van der Waals surface area contributed by atoms with Gasteiger partial charge in [0.2, 0.25) is 5.91 Å². The SMILES string of the molecule is C=CC(=O)Nc1cc(-n2cc(-c3cc4c(cn3)C(=O)NCC4(C)C)c(N)n2)c(F)cc1C. The van der Waals surface area contributed by atoms with Gasteiger partial charge in [-0.05, 0) is 42.3 Å². The highest BCUT2D eigenvalue weighted by Crippen LogP contribution is 2.34. The van der Waals surface area contributed by atoms with E-state index < -0.39 is 11.7 Å². The molecular formula is C23H23FN6O2. The van der Waals surface area contributed by atoms with E-state index in [0.717, 1.165) is 11.6 Å². The molecule has 0 radical (unpaired) electrons. The van der Waals surface area contributed by atoms with Gasteiger partial charge < -0.3 is 16.4 Å². The zero-order valence-electron chi connectivity index (χ0n) is 18.0. The lowest BCUT2D eigenvalue weighted by Crippen LogP contribution is -2.43. The Balaban J connectivity index is 1.78. The van der Waals surface area contributed by atoms with Gasteiger partial charge in [0.25, 0.3) is 5.91 Å². The van der Waals surface area contributed by atoms with E-state index in [4.69, 9.17) is 5.73 Å². The number of nitrogen functional groups attached to an aromatic ring is 1. The Hall–Kier alpha value is -4.01. The van der Waals surface area contributed by atoms with Crippen LogP contribution in [0.15, 0.2) is 43.2 Å². The van der Waals surface area contributed by atoms with E-state index >= 15 is 0 Å². The van der Waals surface area contributed by atoms with E-state index in [2.05, 4.69) is 27.3 Å². The van der Waals surface area contributed by atoms with E-state index in [1.165, 1.54) is 23.0 Å². The molecule has 3 aromatic rings. The maximum Gasteiger partial charge on any atom is 0.253 e. The van der Waals surface area contributed by atoms with Gasteiger partial charge >= 0.3 is 0 Å². The van der Waals surface area contributed by atoms with Crippen LogP contribution in [-0.4, -0.2) is 33.1 Å². The minimum absolute atomic E-state index is 0.116. The normalized spacial score (nSPS) is 14.4. The van der Waals surface area contributed by atoms with Crippen LogP contribution in [0.3, 0.4) is 0 Å². The van der Waals surface area contributed by atoms with Crippen molar-refractivity contribution in [1.82, 2.24) is 20.1 Å². The Kier molecular flexibility index (Phi) is 5.04. The Morgan fingerprint density at radius 3 is 2.81 bits per heavy atom. The summed E-state index contributed by atoms with van der Waals surface area (Å²) < 4.78 is 16.1. The van der Waals surface area contributed by atoms with Crippen LogP contribution >= 0.6 is 0 Å². The maximum absolute atomic E-state index is 14.8. The van der Waals surface area contributed by atoms with Crippen molar-refractivity contribution in [3.8, 4) is 16.9 Å². The molecule has 164 valence electrons. The van der Waals surface area contributed by atoms with E-state index in [-0.39, 0.29) is 22.8 Å². The van der Waals surface area contributed by atoms with Gasteiger partial charge in [0.05, 0.1) is 16.8 Å². The number of anilines is 2. The quantitative estimate of drug-likeness (QED) is 0.546. The highest BCUT2D eigenvalue weighted by molar-refractivity contribution is 5.99. The molecule has 0 fully saturated rings. The van der Waals surface area contributed by atoms with Gasteiger partial charge in [0, 0.05) is 30.0 Å². The molecule has 0 spiro atoms. The predicted molar refractivity (Wildman–Crippen MR) is 120 cm³/mol. The highest BCUT2D eigenvalue weighted by atomic mass is 19.1. The first kappa shape index (κ1) is 21.2. The van der Waals surface area contributed by atoms with Crippen LogP contribution in [0.2, 0.25) is 0 Å². The number of hydrogen-bond donors (Lipinski definition) is 3. The first-order valence-corrected chi connectivity index (χ1v) is 9.99. The summed E-state index contributed by atoms with van der Waals surface area (Å²) in [6, 6.07) is 4.62. The van der Waals surface area contributed by atoms with Crippen molar-refractivity contribution >= 4 is 23.3 Å². The second-order valence-electron chi connectivity index (χ2n) is 8.37. The van der Waals surface area contributed by atoms with E-state index in [1.54, 1.807) is 13.1 Å². The number of aryl methyl sites for hydroxylation is 1. The Bertz CT molecular complexity index is 1280. The van der Waals surface area contributed by atoms with Gasteiger partial charge in [-0.3, -0.25) is 14.6 Å². The molecule has 0 atom stereocenters. The van der Waals surface area contributed by atoms with Crippen LogP contribution in [0.25, 0.3) is 16.9 Å². The number of amides is 2. The number of nitrogens with two attached hydrogens (primary N) is 1. The van der Waals surface area contributed by atoms with Gasteiger partial charge in [0.1, 0.15) is 11.5 Å². The molecule has 0 bridgehead atoms. The smallest absolute Gasteiger partial charge is 0.253 e. The molecule has 0 aliphatic carbocycles. The molecule has 4 N–H and O–H groups in total. The van der Waals surface area contributed by atoms with Gasteiger partial charge in [-0.15, -0.1) is 5.10 Å². The molecule has 1 aliphatic rings. The fourth-order valence-corrected chi connectivity index (χ4v) is 3.70. The molecule has 0 saturated carbocycles. The Morgan fingerprint density at radius 1 is 1.34 bits per heavy atom. The lowest BCUT2D eigenvalue weighted by atomic mass is 9.79. The first-order valence-electron chi connectivity index (χ1n) is 9.99. The molecule has 2 aromatic heterocycles. The number of carbonyl (C=O) groups is 2. The predicted octanol–water partition coefficient (Wildman–Crippen LogP) is 3.11. The van der Waals surface area contributed by atoms with Crippen LogP contribution in [0.1, 0.15) is 35.3 Å². The number of benzene rings is 1. The third kappa shape index (κ3) is 3.62. The summed E-state index contributed by atoms with van der Waals surface area (Å²) in [7, 11) is 0. The minimum atomic E-state index is -0.524. The van der Waals surface area contributed by atoms with E-state index in [0.29, 0.717) is 34.6 Å². The summed E-state index contributed by atoms with van der Waals surface area (Å²) in [5, 5.41) is 9.77. The van der Waals surface area contributed by atoms with E-state index in [1.807, 2.05) is 19.9 Å². The molecule has 2 amide bonds. The zero-order chi connectivity index (χ0) is 23.2. The number of halogens is 1. The molecule has 3 heterocycles. The third-order valence-corrected chi connectivity index (χ3v) is 5.57. The number of nitrogens with one attached hydrogen (secondary N) is 2. The molecule has 1 aliphatic heterocycles. The summed E-state index contributed by atoms with van der Waals surface area (Å²) in [6.07, 6.45) is 4.23. The van der Waals surface area contributed by atoms with Gasteiger partial charge in [-0.25, -0.2) is 9.07 Å². The summed E-state index contributed by atoms with van der Waals surface area (Å²) in [6.45, 7) is 9.68. The van der Waals surface area contributed by atoms with Gasteiger partial charge in [-0.1, -0.05) is 20.4 Å². The molecule has 0 unspecified atom stereocenters. The van der Waals surface area contributed by atoms with Crippen molar-refractivity contribution in [2.75, 3.05) is 17.6 Å². The van der Waals surface area contributed by atoms with Crippen LogP contribution in [0.4, 0.5) is 15.9 Å². The van der Waals surface area contributed by atoms with Crippen LogP contribution in [-0.2, 0) is 10.2 Å². The second-order valence-corrected chi connectivity index (χ2v) is 8.37. The second kappa shape index (κ2) is 7.60. The largest absolute Gasteiger partial charge is 0.382 e. The summed E-state index contributed by atoms with van der Waals surface area (Å²) >= 11 is 0. The summed E-state index contributed by atoms with van der Waals surface area (Å²) in [5.74, 6) is -0.939. The molecule has 0 saturated heterocycles. The monoisotopic (exact) mass is 434 g/mol. The van der Waals surface area contributed by atoms with Crippen molar-refractivity contribution in [2.45, 2.75) is 26.2 Å². The van der Waals surface area contributed by atoms with Crippen molar-refractivity contribution in [1.29, 1.82) is 0 Å². The van der Waals surface area contributed by atoms with Crippen LogP contribution in [0, 0.1) is 12.7 Å². The molecule has 1 aromatic carbocycles. The molecule has 9 heteroatoms. The average Bonchev–Trinajstić information content (AvgIpc) is 3.14. The zero-order valence-corrected chi connectivity index (χ0v) is 18.0. The number of aromatic nitrogens is 3. The molecule has 4 rings (SSSR count). The fraction of sp³-hybridized carbons (Fsp3) is 0.217. The number of nitrogens with zero attached hydrogens (tertiary/aromatic N) is 3. The molecule has 8 nitrogen and oxygen atoms in total. The summed E-state index contributed by atoms with van der Waals surface area (Å²) in [5.41, 5.74) is 9.37.